The zero-order chi connectivity index (χ0) is 24.5. The van der Waals surface area contributed by atoms with Gasteiger partial charge in [0.15, 0.2) is 0 Å². The normalized spacial score (nSPS) is 11.2. The van der Waals surface area contributed by atoms with Crippen molar-refractivity contribution in [3.63, 3.8) is 0 Å². The number of rotatable bonds is 8. The maximum atomic E-state index is 9.75. The summed E-state index contributed by atoms with van der Waals surface area (Å²) in [6, 6.07) is 22.6. The number of methoxy groups -OCH3 is 4. The minimum Gasteiger partial charge on any atom is -0.497 e. The first-order chi connectivity index (χ1) is 16.6. The summed E-state index contributed by atoms with van der Waals surface area (Å²) in [7, 11) is 6.31. The number of benzene rings is 3. The van der Waals surface area contributed by atoms with E-state index in [1.165, 1.54) is 0 Å². The van der Waals surface area contributed by atoms with Crippen LogP contribution in [0.4, 0.5) is 0 Å². The molecule has 6 nitrogen and oxygen atoms in total. The van der Waals surface area contributed by atoms with Crippen LogP contribution < -0.4 is 18.9 Å². The van der Waals surface area contributed by atoms with Crippen molar-refractivity contribution in [3.05, 3.63) is 82.9 Å². The van der Waals surface area contributed by atoms with Gasteiger partial charge in [0.25, 0.3) is 0 Å². The molecular weight excluding hydrogens is 428 g/mol. The van der Waals surface area contributed by atoms with Crippen LogP contribution in [0, 0.1) is 22.7 Å². The Morgan fingerprint density at radius 3 is 1.26 bits per heavy atom. The molecule has 0 bridgehead atoms. The van der Waals surface area contributed by atoms with Crippen LogP contribution in [-0.2, 0) is 0 Å². The SMILES string of the molecule is COc1ccc(/C=C(\C#N)c2ccc(/C(C#N)=C/c3ccc(OC)cc3OC)cc2)c(OC)c1. The van der Waals surface area contributed by atoms with E-state index in [4.69, 9.17) is 18.9 Å². The molecule has 0 atom stereocenters. The summed E-state index contributed by atoms with van der Waals surface area (Å²) in [6.45, 7) is 0. The lowest BCUT2D eigenvalue weighted by Crippen LogP contribution is -1.91. The Kier molecular flexibility index (Phi) is 7.94. The fraction of sp³-hybridized carbons (Fsp3) is 0.143. The van der Waals surface area contributed by atoms with Gasteiger partial charge < -0.3 is 18.9 Å². The molecule has 0 spiro atoms. The van der Waals surface area contributed by atoms with Crippen molar-refractivity contribution in [2.24, 2.45) is 0 Å². The molecule has 6 heteroatoms. The summed E-state index contributed by atoms with van der Waals surface area (Å²) >= 11 is 0. The third-order valence-corrected chi connectivity index (χ3v) is 5.23. The number of nitriles is 2. The topological polar surface area (TPSA) is 84.5 Å². The molecule has 3 rings (SSSR count). The zero-order valence-corrected chi connectivity index (χ0v) is 19.5. The van der Waals surface area contributed by atoms with Crippen LogP contribution in [0.1, 0.15) is 22.3 Å². The van der Waals surface area contributed by atoms with E-state index in [2.05, 4.69) is 12.1 Å². The van der Waals surface area contributed by atoms with Crippen molar-refractivity contribution in [1.82, 2.24) is 0 Å². The fourth-order valence-corrected chi connectivity index (χ4v) is 3.38. The Morgan fingerprint density at radius 1 is 0.588 bits per heavy atom. The maximum absolute atomic E-state index is 9.75. The smallest absolute Gasteiger partial charge is 0.129 e. The maximum Gasteiger partial charge on any atom is 0.129 e. The Bertz CT molecular complexity index is 1210. The number of allylic oxidation sites excluding steroid dienone is 2. The summed E-state index contributed by atoms with van der Waals surface area (Å²) in [5.74, 6) is 2.54. The first-order valence-corrected chi connectivity index (χ1v) is 10.3. The number of hydrogen-bond donors (Lipinski definition) is 0. The van der Waals surface area contributed by atoms with Crippen LogP contribution in [0.3, 0.4) is 0 Å². The van der Waals surface area contributed by atoms with Crippen LogP contribution in [0.25, 0.3) is 23.3 Å². The second kappa shape index (κ2) is 11.3. The molecule has 0 saturated carbocycles. The van der Waals surface area contributed by atoms with E-state index in [1.807, 2.05) is 48.5 Å². The Labute approximate surface area is 199 Å². The first kappa shape index (κ1) is 24.0. The predicted molar refractivity (Wildman–Crippen MR) is 133 cm³/mol. The van der Waals surface area contributed by atoms with E-state index < -0.39 is 0 Å². The standard InChI is InChI=1S/C28H24N2O4/c1-31-25-11-9-21(27(15-25)33-3)13-23(17-29)19-5-7-20(8-6-19)24(18-30)14-22-10-12-26(32-2)16-28(22)34-4/h5-16H,1-4H3/b23-13+,24-14+. The van der Waals surface area contributed by atoms with Gasteiger partial charge in [-0.05, 0) is 47.5 Å². The lowest BCUT2D eigenvalue weighted by atomic mass is 9.98. The van der Waals surface area contributed by atoms with Crippen molar-refractivity contribution in [3.8, 4) is 35.1 Å². The van der Waals surface area contributed by atoms with Crippen molar-refractivity contribution in [2.75, 3.05) is 28.4 Å². The van der Waals surface area contributed by atoms with Crippen LogP contribution in [0.5, 0.6) is 23.0 Å². The summed E-state index contributed by atoms with van der Waals surface area (Å²) in [5.41, 5.74) is 3.90. The quantitative estimate of drug-likeness (QED) is 0.315. The third kappa shape index (κ3) is 5.38. The van der Waals surface area contributed by atoms with E-state index in [0.717, 1.165) is 22.3 Å². The van der Waals surface area contributed by atoms with Gasteiger partial charge in [0.2, 0.25) is 0 Å². The van der Waals surface area contributed by atoms with Gasteiger partial charge in [-0.1, -0.05) is 24.3 Å². The largest absolute Gasteiger partial charge is 0.497 e. The molecule has 0 saturated heterocycles. The average molecular weight is 453 g/mol. The highest BCUT2D eigenvalue weighted by atomic mass is 16.5. The Balaban J connectivity index is 1.94. The van der Waals surface area contributed by atoms with Crippen LogP contribution >= 0.6 is 0 Å². The monoisotopic (exact) mass is 452 g/mol. The molecule has 170 valence electrons. The minimum absolute atomic E-state index is 0.467. The lowest BCUT2D eigenvalue weighted by Gasteiger charge is -2.09. The highest BCUT2D eigenvalue weighted by molar-refractivity contribution is 5.93. The molecule has 0 fully saturated rings. The highest BCUT2D eigenvalue weighted by Gasteiger charge is 2.09. The molecule has 0 radical (unpaired) electrons. The van der Waals surface area contributed by atoms with Gasteiger partial charge in [0.05, 0.1) is 51.7 Å². The molecule has 0 aliphatic carbocycles. The molecule has 0 aliphatic rings. The zero-order valence-electron chi connectivity index (χ0n) is 19.5. The van der Waals surface area contributed by atoms with Gasteiger partial charge >= 0.3 is 0 Å². The van der Waals surface area contributed by atoms with Gasteiger partial charge in [-0.25, -0.2) is 0 Å². The third-order valence-electron chi connectivity index (χ3n) is 5.23. The van der Waals surface area contributed by atoms with E-state index >= 15 is 0 Å². The molecule has 3 aromatic carbocycles. The number of hydrogen-bond acceptors (Lipinski definition) is 6. The molecule has 0 heterocycles. The van der Waals surface area contributed by atoms with Gasteiger partial charge in [-0.15, -0.1) is 0 Å². The van der Waals surface area contributed by atoms with Crippen molar-refractivity contribution in [2.45, 2.75) is 0 Å². The molecular formula is C28H24N2O4. The first-order valence-electron chi connectivity index (χ1n) is 10.3. The number of nitrogens with zero attached hydrogens (tertiary/aromatic N) is 2. The van der Waals surface area contributed by atoms with Crippen LogP contribution in [0.15, 0.2) is 60.7 Å². The minimum atomic E-state index is 0.467. The van der Waals surface area contributed by atoms with Crippen LogP contribution in [0.2, 0.25) is 0 Å². The molecule has 0 N–H and O–H groups in total. The average Bonchev–Trinajstić information content (AvgIpc) is 2.90. The Morgan fingerprint density at radius 2 is 0.971 bits per heavy atom. The van der Waals surface area contributed by atoms with E-state index in [1.54, 1.807) is 52.7 Å². The van der Waals surface area contributed by atoms with Gasteiger partial charge in [0, 0.05) is 23.3 Å². The second-order valence-electron chi connectivity index (χ2n) is 7.13. The summed E-state index contributed by atoms with van der Waals surface area (Å²) < 4.78 is 21.3. The molecule has 0 unspecified atom stereocenters. The van der Waals surface area contributed by atoms with E-state index in [-0.39, 0.29) is 0 Å². The summed E-state index contributed by atoms with van der Waals surface area (Å²) in [5, 5.41) is 19.5. The van der Waals surface area contributed by atoms with Crippen molar-refractivity contribution >= 4 is 23.3 Å². The Hall–Kier alpha value is -4.68. The fourth-order valence-electron chi connectivity index (χ4n) is 3.38. The van der Waals surface area contributed by atoms with Crippen molar-refractivity contribution < 1.29 is 18.9 Å². The van der Waals surface area contributed by atoms with Gasteiger partial charge in [-0.3, -0.25) is 0 Å². The predicted octanol–water partition coefficient (Wildman–Crippen LogP) is 5.85. The second-order valence-corrected chi connectivity index (χ2v) is 7.13. The van der Waals surface area contributed by atoms with E-state index in [0.29, 0.717) is 34.1 Å². The van der Waals surface area contributed by atoms with Crippen molar-refractivity contribution in [1.29, 1.82) is 10.5 Å². The lowest BCUT2D eigenvalue weighted by molar-refractivity contribution is 0.393. The van der Waals surface area contributed by atoms with Gasteiger partial charge in [0.1, 0.15) is 23.0 Å². The molecule has 0 amide bonds. The molecule has 0 aliphatic heterocycles. The number of ether oxygens (including phenoxy) is 4. The summed E-state index contributed by atoms with van der Waals surface area (Å²) in [6.07, 6.45) is 3.52. The molecule has 34 heavy (non-hydrogen) atoms. The van der Waals surface area contributed by atoms with Crippen LogP contribution in [-0.4, -0.2) is 28.4 Å². The van der Waals surface area contributed by atoms with Gasteiger partial charge in [-0.2, -0.15) is 10.5 Å². The summed E-state index contributed by atoms with van der Waals surface area (Å²) in [4.78, 5) is 0. The molecule has 3 aromatic rings. The van der Waals surface area contributed by atoms with E-state index in [9.17, 15) is 10.5 Å². The highest BCUT2D eigenvalue weighted by Crippen LogP contribution is 2.31. The molecule has 0 aromatic heterocycles.